The summed E-state index contributed by atoms with van der Waals surface area (Å²) in [4.78, 5) is 12.3. The number of rotatable bonds is 5. The fourth-order valence-electron chi connectivity index (χ4n) is 2.09. The van der Waals surface area contributed by atoms with Gasteiger partial charge in [-0.25, -0.2) is 8.42 Å². The summed E-state index contributed by atoms with van der Waals surface area (Å²) in [6.07, 6.45) is 0. The summed E-state index contributed by atoms with van der Waals surface area (Å²) in [5.41, 5.74) is 2.84. The number of nitrogens with one attached hydrogen (secondary N) is 1. The monoisotopic (exact) mass is 410 g/mol. The molecule has 5 nitrogen and oxygen atoms in total. The molecule has 0 atom stereocenters. The van der Waals surface area contributed by atoms with Gasteiger partial charge in [0.1, 0.15) is 0 Å². The molecule has 128 valence electrons. The Hall–Kier alpha value is -1.70. The minimum absolute atomic E-state index is 0.146. The zero-order chi connectivity index (χ0) is 17.9. The first-order valence-electron chi connectivity index (χ1n) is 7.29. The van der Waals surface area contributed by atoms with Gasteiger partial charge in [0.25, 0.3) is 0 Å². The third-order valence-corrected chi connectivity index (χ3v) is 6.03. The maximum Gasteiger partial charge on any atom is 0.243 e. The second kappa shape index (κ2) is 7.46. The van der Waals surface area contributed by atoms with E-state index in [4.69, 9.17) is 0 Å². The molecule has 0 bridgehead atoms. The molecule has 0 fully saturated rings. The summed E-state index contributed by atoms with van der Waals surface area (Å²) in [6, 6.07) is 11.9. The Morgan fingerprint density at radius 2 is 1.71 bits per heavy atom. The van der Waals surface area contributed by atoms with E-state index in [1.54, 1.807) is 18.2 Å². The zero-order valence-corrected chi connectivity index (χ0v) is 16.1. The van der Waals surface area contributed by atoms with E-state index in [0.29, 0.717) is 5.69 Å². The molecule has 2 aromatic rings. The standard InChI is InChI=1S/C17H19BrN2O3S/c1-12-4-7-15(10-13(12)2)19-17(21)11-20(3)24(22,23)16-8-5-14(18)6-9-16/h4-10H,11H2,1-3H3,(H,19,21). The van der Waals surface area contributed by atoms with Crippen molar-refractivity contribution in [1.29, 1.82) is 0 Å². The van der Waals surface area contributed by atoms with Gasteiger partial charge in [-0.15, -0.1) is 0 Å². The SMILES string of the molecule is Cc1ccc(NC(=O)CN(C)S(=O)(=O)c2ccc(Br)cc2)cc1C. The largest absolute Gasteiger partial charge is 0.325 e. The molecule has 0 aliphatic rings. The topological polar surface area (TPSA) is 66.5 Å². The van der Waals surface area contributed by atoms with Crippen LogP contribution in [0, 0.1) is 13.8 Å². The zero-order valence-electron chi connectivity index (χ0n) is 13.7. The van der Waals surface area contributed by atoms with E-state index in [0.717, 1.165) is 19.9 Å². The third kappa shape index (κ3) is 4.43. The van der Waals surface area contributed by atoms with E-state index >= 15 is 0 Å². The number of nitrogens with zero attached hydrogens (tertiary/aromatic N) is 1. The average molecular weight is 411 g/mol. The molecule has 0 heterocycles. The van der Waals surface area contributed by atoms with E-state index in [1.165, 1.54) is 19.2 Å². The minimum atomic E-state index is -3.71. The Balaban J connectivity index is 2.07. The highest BCUT2D eigenvalue weighted by Gasteiger charge is 2.22. The molecule has 0 aromatic heterocycles. The second-order valence-corrected chi connectivity index (χ2v) is 8.52. The lowest BCUT2D eigenvalue weighted by atomic mass is 10.1. The molecule has 2 rings (SSSR count). The Morgan fingerprint density at radius 1 is 1.08 bits per heavy atom. The molecular weight excluding hydrogens is 392 g/mol. The molecule has 0 aliphatic heterocycles. The fourth-order valence-corrected chi connectivity index (χ4v) is 3.48. The molecule has 1 N–H and O–H groups in total. The van der Waals surface area contributed by atoms with Crippen LogP contribution in [-0.2, 0) is 14.8 Å². The molecule has 0 spiro atoms. The molecule has 0 saturated heterocycles. The Bertz CT molecular complexity index is 849. The Labute approximate surface area is 150 Å². The highest BCUT2D eigenvalue weighted by Crippen LogP contribution is 2.18. The first-order chi connectivity index (χ1) is 11.2. The number of carbonyl (C=O) groups is 1. The number of carbonyl (C=O) groups excluding carboxylic acids is 1. The quantitative estimate of drug-likeness (QED) is 0.821. The van der Waals surface area contributed by atoms with Gasteiger partial charge in [0.15, 0.2) is 0 Å². The van der Waals surface area contributed by atoms with Crippen molar-refractivity contribution in [2.75, 3.05) is 18.9 Å². The van der Waals surface area contributed by atoms with Crippen LogP contribution in [0.4, 0.5) is 5.69 Å². The average Bonchev–Trinajstić information content (AvgIpc) is 2.51. The van der Waals surface area contributed by atoms with E-state index in [1.807, 2.05) is 26.0 Å². The molecule has 7 heteroatoms. The number of benzene rings is 2. The summed E-state index contributed by atoms with van der Waals surface area (Å²) in [5.74, 6) is -0.388. The van der Waals surface area contributed by atoms with Crippen molar-refractivity contribution in [3.8, 4) is 0 Å². The molecule has 0 unspecified atom stereocenters. The number of sulfonamides is 1. The van der Waals surface area contributed by atoms with Crippen LogP contribution < -0.4 is 5.32 Å². The summed E-state index contributed by atoms with van der Waals surface area (Å²) in [6.45, 7) is 3.68. The van der Waals surface area contributed by atoms with Crippen LogP contribution in [0.3, 0.4) is 0 Å². The van der Waals surface area contributed by atoms with Gasteiger partial charge >= 0.3 is 0 Å². The number of anilines is 1. The van der Waals surface area contributed by atoms with Crippen molar-refractivity contribution in [3.05, 3.63) is 58.1 Å². The predicted molar refractivity (Wildman–Crippen MR) is 98.5 cm³/mol. The molecule has 0 radical (unpaired) electrons. The van der Waals surface area contributed by atoms with Gasteiger partial charge in [-0.1, -0.05) is 22.0 Å². The predicted octanol–water partition coefficient (Wildman–Crippen LogP) is 3.33. The molecule has 24 heavy (non-hydrogen) atoms. The van der Waals surface area contributed by atoms with Gasteiger partial charge < -0.3 is 5.32 Å². The number of hydrogen-bond acceptors (Lipinski definition) is 3. The Kier molecular flexibility index (Phi) is 5.79. The molecular formula is C17H19BrN2O3S. The number of halogens is 1. The van der Waals surface area contributed by atoms with Crippen molar-refractivity contribution in [1.82, 2.24) is 4.31 Å². The lowest BCUT2D eigenvalue weighted by Gasteiger charge is -2.17. The van der Waals surface area contributed by atoms with Crippen LogP contribution >= 0.6 is 15.9 Å². The maximum absolute atomic E-state index is 12.5. The van der Waals surface area contributed by atoms with Crippen molar-refractivity contribution >= 4 is 37.5 Å². The van der Waals surface area contributed by atoms with E-state index in [2.05, 4.69) is 21.2 Å². The smallest absolute Gasteiger partial charge is 0.243 e. The first-order valence-corrected chi connectivity index (χ1v) is 9.52. The van der Waals surface area contributed by atoms with Gasteiger partial charge in [0.05, 0.1) is 11.4 Å². The number of hydrogen-bond donors (Lipinski definition) is 1. The number of likely N-dealkylation sites (N-methyl/N-ethyl adjacent to an activating group) is 1. The second-order valence-electron chi connectivity index (χ2n) is 5.56. The van der Waals surface area contributed by atoms with Crippen LogP contribution in [-0.4, -0.2) is 32.2 Å². The fraction of sp³-hybridized carbons (Fsp3) is 0.235. The van der Waals surface area contributed by atoms with E-state index < -0.39 is 10.0 Å². The lowest BCUT2D eigenvalue weighted by Crippen LogP contribution is -2.34. The third-order valence-electron chi connectivity index (χ3n) is 3.68. The molecule has 1 amide bonds. The van der Waals surface area contributed by atoms with E-state index in [9.17, 15) is 13.2 Å². The van der Waals surface area contributed by atoms with E-state index in [-0.39, 0.29) is 17.3 Å². The van der Waals surface area contributed by atoms with Gasteiger partial charge in [0, 0.05) is 17.2 Å². The van der Waals surface area contributed by atoms with Crippen LogP contribution in [0.25, 0.3) is 0 Å². The first kappa shape index (κ1) is 18.6. The van der Waals surface area contributed by atoms with Gasteiger partial charge in [-0.2, -0.15) is 4.31 Å². The van der Waals surface area contributed by atoms with Crippen molar-refractivity contribution in [3.63, 3.8) is 0 Å². The van der Waals surface area contributed by atoms with Crippen LogP contribution in [0.5, 0.6) is 0 Å². The van der Waals surface area contributed by atoms with Crippen LogP contribution in [0.1, 0.15) is 11.1 Å². The van der Waals surface area contributed by atoms with Crippen LogP contribution in [0.2, 0.25) is 0 Å². The summed E-state index contributed by atoms with van der Waals surface area (Å²) in [5, 5.41) is 2.72. The number of aryl methyl sites for hydroxylation is 2. The maximum atomic E-state index is 12.5. The van der Waals surface area contributed by atoms with Crippen molar-refractivity contribution in [2.24, 2.45) is 0 Å². The highest BCUT2D eigenvalue weighted by atomic mass is 79.9. The molecule has 0 saturated carbocycles. The number of amides is 1. The lowest BCUT2D eigenvalue weighted by molar-refractivity contribution is -0.116. The van der Waals surface area contributed by atoms with Gasteiger partial charge in [-0.05, 0) is 61.4 Å². The summed E-state index contributed by atoms with van der Waals surface area (Å²) in [7, 11) is -2.32. The Morgan fingerprint density at radius 3 is 2.29 bits per heavy atom. The summed E-state index contributed by atoms with van der Waals surface area (Å²) >= 11 is 3.26. The molecule has 0 aliphatic carbocycles. The van der Waals surface area contributed by atoms with Crippen LogP contribution in [0.15, 0.2) is 51.8 Å². The van der Waals surface area contributed by atoms with Gasteiger partial charge in [0.2, 0.25) is 15.9 Å². The normalized spacial score (nSPS) is 11.5. The van der Waals surface area contributed by atoms with Crippen molar-refractivity contribution in [2.45, 2.75) is 18.7 Å². The summed E-state index contributed by atoms with van der Waals surface area (Å²) < 4.78 is 26.7. The van der Waals surface area contributed by atoms with Crippen molar-refractivity contribution < 1.29 is 13.2 Å². The van der Waals surface area contributed by atoms with Gasteiger partial charge in [-0.3, -0.25) is 4.79 Å². The molecule has 2 aromatic carbocycles. The minimum Gasteiger partial charge on any atom is -0.325 e. The highest BCUT2D eigenvalue weighted by molar-refractivity contribution is 9.10.